The Hall–Kier alpha value is -0.610. The number of carboxylic acid groups (broad SMARTS) is 1. The van der Waals surface area contributed by atoms with E-state index in [2.05, 4.69) is 6.92 Å². The minimum Gasteiger partial charge on any atom is -0.480 e. The van der Waals surface area contributed by atoms with Crippen molar-refractivity contribution < 1.29 is 15.0 Å². The van der Waals surface area contributed by atoms with Gasteiger partial charge in [0.2, 0.25) is 0 Å². The highest BCUT2D eigenvalue weighted by atomic mass is 16.4. The molecule has 0 amide bonds. The second-order valence-electron chi connectivity index (χ2n) is 4.82. The molecule has 94 valence electrons. The number of hydrogen-bond donors (Lipinski definition) is 2. The molecule has 3 unspecified atom stereocenters. The van der Waals surface area contributed by atoms with Gasteiger partial charge >= 0.3 is 5.97 Å². The monoisotopic (exact) mass is 229 g/mol. The van der Waals surface area contributed by atoms with Gasteiger partial charge in [0.1, 0.15) is 6.04 Å². The summed E-state index contributed by atoms with van der Waals surface area (Å²) >= 11 is 0. The summed E-state index contributed by atoms with van der Waals surface area (Å²) in [6.45, 7) is 5.45. The first-order valence-electron chi connectivity index (χ1n) is 6.21. The van der Waals surface area contributed by atoms with Crippen molar-refractivity contribution in [2.75, 3.05) is 13.1 Å². The zero-order valence-corrected chi connectivity index (χ0v) is 10.2. The van der Waals surface area contributed by atoms with Crippen molar-refractivity contribution in [3.8, 4) is 0 Å². The second-order valence-corrected chi connectivity index (χ2v) is 4.82. The summed E-state index contributed by atoms with van der Waals surface area (Å²) in [5.74, 6) is -0.547. The molecule has 1 fully saturated rings. The van der Waals surface area contributed by atoms with E-state index in [1.54, 1.807) is 0 Å². The van der Waals surface area contributed by atoms with E-state index in [4.69, 9.17) is 0 Å². The normalized spacial score (nSPS) is 28.9. The molecule has 0 aromatic carbocycles. The van der Waals surface area contributed by atoms with Crippen LogP contribution in [0.25, 0.3) is 0 Å². The Bertz CT molecular complexity index is 232. The molecule has 0 aromatic heterocycles. The Morgan fingerprint density at radius 3 is 2.75 bits per heavy atom. The smallest absolute Gasteiger partial charge is 0.320 e. The number of carboxylic acids is 1. The van der Waals surface area contributed by atoms with Crippen LogP contribution in [0.4, 0.5) is 0 Å². The zero-order valence-electron chi connectivity index (χ0n) is 10.2. The number of aliphatic hydroxyl groups is 1. The molecule has 4 heteroatoms. The SMILES string of the molecule is CCCCC(C(=O)O)N1CCC(O)C(C)C1. The Balaban J connectivity index is 2.54. The molecular formula is C12H23NO3. The van der Waals surface area contributed by atoms with Gasteiger partial charge in [-0.25, -0.2) is 0 Å². The number of piperidine rings is 1. The number of unbranched alkanes of at least 4 members (excludes halogenated alkanes) is 1. The molecule has 3 atom stereocenters. The van der Waals surface area contributed by atoms with Crippen LogP contribution in [0.3, 0.4) is 0 Å². The van der Waals surface area contributed by atoms with Crippen LogP contribution in [0.15, 0.2) is 0 Å². The highest BCUT2D eigenvalue weighted by Crippen LogP contribution is 2.21. The lowest BCUT2D eigenvalue weighted by Gasteiger charge is -2.37. The first-order chi connectivity index (χ1) is 7.56. The third-order valence-electron chi connectivity index (χ3n) is 3.45. The lowest BCUT2D eigenvalue weighted by Crippen LogP contribution is -2.49. The van der Waals surface area contributed by atoms with E-state index < -0.39 is 5.97 Å². The van der Waals surface area contributed by atoms with Gasteiger partial charge in [0.25, 0.3) is 0 Å². The highest BCUT2D eigenvalue weighted by molar-refractivity contribution is 5.73. The molecule has 0 aromatic rings. The Morgan fingerprint density at radius 1 is 1.56 bits per heavy atom. The van der Waals surface area contributed by atoms with Crippen LogP contribution in [0.2, 0.25) is 0 Å². The van der Waals surface area contributed by atoms with E-state index in [1.807, 2.05) is 11.8 Å². The molecule has 4 nitrogen and oxygen atoms in total. The van der Waals surface area contributed by atoms with Crippen LogP contribution in [-0.4, -0.2) is 46.3 Å². The van der Waals surface area contributed by atoms with Gasteiger partial charge in [-0.3, -0.25) is 9.69 Å². The fourth-order valence-corrected chi connectivity index (χ4v) is 2.31. The number of rotatable bonds is 5. The largest absolute Gasteiger partial charge is 0.480 e. The van der Waals surface area contributed by atoms with E-state index in [-0.39, 0.29) is 18.1 Å². The maximum absolute atomic E-state index is 11.2. The van der Waals surface area contributed by atoms with Gasteiger partial charge in [-0.1, -0.05) is 26.7 Å². The van der Waals surface area contributed by atoms with Crippen LogP contribution in [0.5, 0.6) is 0 Å². The summed E-state index contributed by atoms with van der Waals surface area (Å²) in [6, 6.07) is -0.366. The van der Waals surface area contributed by atoms with Crippen LogP contribution in [0, 0.1) is 5.92 Å². The molecule has 1 aliphatic heterocycles. The predicted octanol–water partition coefficient (Wildman–Crippen LogP) is 1.33. The van der Waals surface area contributed by atoms with Crippen molar-refractivity contribution in [1.82, 2.24) is 4.90 Å². The molecule has 1 saturated heterocycles. The van der Waals surface area contributed by atoms with Crippen molar-refractivity contribution in [3.05, 3.63) is 0 Å². The standard InChI is InChI=1S/C12H23NO3/c1-3-4-5-10(12(15)16)13-7-6-11(14)9(2)8-13/h9-11,14H,3-8H2,1-2H3,(H,15,16). The number of aliphatic carboxylic acids is 1. The summed E-state index contributed by atoms with van der Waals surface area (Å²) in [5, 5.41) is 18.8. The maximum atomic E-state index is 11.2. The molecule has 0 aliphatic carbocycles. The summed E-state index contributed by atoms with van der Waals surface area (Å²) in [6.07, 6.45) is 3.11. The Labute approximate surface area is 97.3 Å². The lowest BCUT2D eigenvalue weighted by atomic mass is 9.94. The molecule has 2 N–H and O–H groups in total. The quantitative estimate of drug-likeness (QED) is 0.746. The summed E-state index contributed by atoms with van der Waals surface area (Å²) in [5.41, 5.74) is 0. The first-order valence-corrected chi connectivity index (χ1v) is 6.21. The molecule has 1 aliphatic rings. The van der Waals surface area contributed by atoms with Gasteiger partial charge in [0, 0.05) is 13.1 Å². The van der Waals surface area contributed by atoms with Crippen LogP contribution < -0.4 is 0 Å². The highest BCUT2D eigenvalue weighted by Gasteiger charge is 2.31. The van der Waals surface area contributed by atoms with Gasteiger partial charge in [0.15, 0.2) is 0 Å². The summed E-state index contributed by atoms with van der Waals surface area (Å²) in [7, 11) is 0. The van der Waals surface area contributed by atoms with Gasteiger partial charge in [0.05, 0.1) is 6.10 Å². The van der Waals surface area contributed by atoms with Crippen molar-refractivity contribution in [3.63, 3.8) is 0 Å². The fourth-order valence-electron chi connectivity index (χ4n) is 2.31. The van der Waals surface area contributed by atoms with E-state index >= 15 is 0 Å². The van der Waals surface area contributed by atoms with E-state index in [9.17, 15) is 15.0 Å². The Kier molecular flexibility index (Phi) is 5.22. The first kappa shape index (κ1) is 13.5. The lowest BCUT2D eigenvalue weighted by molar-refractivity contribution is -0.145. The third-order valence-corrected chi connectivity index (χ3v) is 3.45. The number of aliphatic hydroxyl groups excluding tert-OH is 1. The molecule has 0 bridgehead atoms. The minimum absolute atomic E-state index is 0.178. The average molecular weight is 229 g/mol. The zero-order chi connectivity index (χ0) is 12.1. The minimum atomic E-state index is -0.725. The van der Waals surface area contributed by atoms with Crippen molar-refractivity contribution >= 4 is 5.97 Å². The maximum Gasteiger partial charge on any atom is 0.320 e. The number of carbonyl (C=O) groups is 1. The van der Waals surface area contributed by atoms with Crippen molar-refractivity contribution in [2.45, 2.75) is 51.7 Å². The molecule has 1 heterocycles. The number of hydrogen-bond acceptors (Lipinski definition) is 3. The van der Waals surface area contributed by atoms with Gasteiger partial charge in [-0.2, -0.15) is 0 Å². The molecule has 16 heavy (non-hydrogen) atoms. The molecule has 0 spiro atoms. The third kappa shape index (κ3) is 3.46. The van der Waals surface area contributed by atoms with Crippen LogP contribution in [-0.2, 0) is 4.79 Å². The van der Waals surface area contributed by atoms with E-state index in [0.717, 1.165) is 12.8 Å². The topological polar surface area (TPSA) is 60.8 Å². The fraction of sp³-hybridized carbons (Fsp3) is 0.917. The molecule has 0 saturated carbocycles. The average Bonchev–Trinajstić information content (AvgIpc) is 2.23. The van der Waals surface area contributed by atoms with Gasteiger partial charge < -0.3 is 10.2 Å². The van der Waals surface area contributed by atoms with E-state index in [1.165, 1.54) is 0 Å². The van der Waals surface area contributed by atoms with Crippen LogP contribution >= 0.6 is 0 Å². The Morgan fingerprint density at radius 2 is 2.25 bits per heavy atom. The summed E-state index contributed by atoms with van der Waals surface area (Å²) < 4.78 is 0. The number of nitrogens with zero attached hydrogens (tertiary/aromatic N) is 1. The molecule has 0 radical (unpaired) electrons. The van der Waals surface area contributed by atoms with Crippen LogP contribution in [0.1, 0.15) is 39.5 Å². The van der Waals surface area contributed by atoms with Crippen molar-refractivity contribution in [1.29, 1.82) is 0 Å². The molecular weight excluding hydrogens is 206 g/mol. The molecule has 1 rings (SSSR count). The number of likely N-dealkylation sites (tertiary alicyclic amines) is 1. The van der Waals surface area contributed by atoms with Gasteiger partial charge in [-0.05, 0) is 18.8 Å². The van der Waals surface area contributed by atoms with E-state index in [0.29, 0.717) is 25.9 Å². The van der Waals surface area contributed by atoms with Crippen molar-refractivity contribution in [2.24, 2.45) is 5.92 Å². The predicted molar refractivity (Wildman–Crippen MR) is 62.3 cm³/mol. The summed E-state index contributed by atoms with van der Waals surface area (Å²) in [4.78, 5) is 13.2. The second kappa shape index (κ2) is 6.21. The van der Waals surface area contributed by atoms with Gasteiger partial charge in [-0.15, -0.1) is 0 Å².